The normalized spacial score (nSPS) is 10.5. The van der Waals surface area contributed by atoms with Gasteiger partial charge in [0, 0.05) is 15.7 Å². The number of benzene rings is 1. The number of nitrogens with one attached hydrogen (secondary N) is 1. The molecule has 1 aromatic heterocycles. The van der Waals surface area contributed by atoms with Gasteiger partial charge in [0.2, 0.25) is 5.91 Å². The highest BCUT2D eigenvalue weighted by molar-refractivity contribution is 9.10. The number of amides is 1. The molecule has 7 nitrogen and oxygen atoms in total. The van der Waals surface area contributed by atoms with Crippen LogP contribution in [-0.4, -0.2) is 20.6 Å². The molecule has 1 amide bonds. The number of aromatic nitrogens is 2. The molecule has 0 radical (unpaired) electrons. The third kappa shape index (κ3) is 3.76. The number of carbonyl (C=O) groups excluding carboxylic acids is 1. The first-order valence-electron chi connectivity index (χ1n) is 5.91. The highest BCUT2D eigenvalue weighted by Crippen LogP contribution is 2.27. The lowest BCUT2D eigenvalue weighted by Crippen LogP contribution is -2.20. The van der Waals surface area contributed by atoms with Gasteiger partial charge in [-0.15, -0.1) is 0 Å². The summed E-state index contributed by atoms with van der Waals surface area (Å²) < 4.78 is 1.49. The van der Waals surface area contributed by atoms with Crippen LogP contribution in [-0.2, 0) is 11.3 Å². The maximum absolute atomic E-state index is 12.0. The standard InChI is InChI=1S/C12H9BrCl2N4O3/c1-6-11(13)12(19(21)22)17-18(6)5-10(20)16-9-3-7(14)2-8(15)4-9/h2-4H,5H2,1H3,(H,16,20). The molecule has 0 aliphatic carbocycles. The molecule has 1 N–H and O–H groups in total. The van der Waals surface area contributed by atoms with Gasteiger partial charge in [-0.25, -0.2) is 0 Å². The molecule has 0 spiro atoms. The Kier molecular flexibility index (Phi) is 5.05. The summed E-state index contributed by atoms with van der Waals surface area (Å²) >= 11 is 14.8. The fourth-order valence-corrected chi connectivity index (χ4v) is 2.70. The van der Waals surface area contributed by atoms with Crippen molar-refractivity contribution < 1.29 is 9.72 Å². The van der Waals surface area contributed by atoms with Crippen LogP contribution in [0.1, 0.15) is 5.69 Å². The van der Waals surface area contributed by atoms with Crippen molar-refractivity contribution in [3.63, 3.8) is 0 Å². The summed E-state index contributed by atoms with van der Waals surface area (Å²) in [5.74, 6) is -0.748. The van der Waals surface area contributed by atoms with E-state index in [2.05, 4.69) is 26.3 Å². The predicted octanol–water partition coefficient (Wildman–Crippen LogP) is 3.81. The van der Waals surface area contributed by atoms with E-state index in [0.29, 0.717) is 21.4 Å². The number of anilines is 1. The first kappa shape index (κ1) is 16.7. The van der Waals surface area contributed by atoms with Crippen molar-refractivity contribution >= 4 is 56.5 Å². The molecule has 116 valence electrons. The summed E-state index contributed by atoms with van der Waals surface area (Å²) in [5, 5.41) is 18.0. The lowest BCUT2D eigenvalue weighted by Gasteiger charge is -2.06. The smallest absolute Gasteiger partial charge is 0.358 e. The number of hydrogen-bond acceptors (Lipinski definition) is 4. The molecule has 0 fully saturated rings. The van der Waals surface area contributed by atoms with Gasteiger partial charge in [0.1, 0.15) is 11.0 Å². The first-order valence-corrected chi connectivity index (χ1v) is 7.46. The highest BCUT2D eigenvalue weighted by Gasteiger charge is 2.24. The van der Waals surface area contributed by atoms with Crippen LogP contribution in [0, 0.1) is 17.0 Å². The topological polar surface area (TPSA) is 90.1 Å². The zero-order chi connectivity index (χ0) is 16.4. The quantitative estimate of drug-likeness (QED) is 0.616. The number of halogens is 3. The van der Waals surface area contributed by atoms with Gasteiger partial charge in [-0.3, -0.25) is 4.79 Å². The molecule has 2 aromatic rings. The zero-order valence-corrected chi connectivity index (χ0v) is 14.2. The van der Waals surface area contributed by atoms with Crippen molar-refractivity contribution in [1.29, 1.82) is 0 Å². The average Bonchev–Trinajstić information content (AvgIpc) is 2.65. The molecular weight excluding hydrogens is 399 g/mol. The van der Waals surface area contributed by atoms with E-state index in [-0.39, 0.29) is 16.8 Å². The van der Waals surface area contributed by atoms with Gasteiger partial charge in [0.05, 0.1) is 10.8 Å². The number of nitrogens with zero attached hydrogens (tertiary/aromatic N) is 3. The molecule has 0 unspecified atom stereocenters. The lowest BCUT2D eigenvalue weighted by atomic mass is 10.3. The van der Waals surface area contributed by atoms with E-state index in [0.717, 1.165) is 0 Å². The summed E-state index contributed by atoms with van der Waals surface area (Å²) in [6, 6.07) is 4.62. The van der Waals surface area contributed by atoms with E-state index >= 15 is 0 Å². The second-order valence-electron chi connectivity index (χ2n) is 4.34. The number of carbonyl (C=O) groups is 1. The zero-order valence-electron chi connectivity index (χ0n) is 11.1. The second-order valence-corrected chi connectivity index (χ2v) is 6.01. The number of hydrogen-bond donors (Lipinski definition) is 1. The van der Waals surface area contributed by atoms with Gasteiger partial charge >= 0.3 is 5.82 Å². The Morgan fingerprint density at radius 3 is 2.50 bits per heavy atom. The van der Waals surface area contributed by atoms with Crippen LogP contribution in [0.3, 0.4) is 0 Å². The number of nitro groups is 1. The van der Waals surface area contributed by atoms with Gasteiger partial charge in [0.25, 0.3) is 0 Å². The van der Waals surface area contributed by atoms with Gasteiger partial charge in [-0.1, -0.05) is 23.2 Å². The fraction of sp³-hybridized carbons (Fsp3) is 0.167. The Morgan fingerprint density at radius 2 is 2.00 bits per heavy atom. The minimum atomic E-state index is -0.623. The summed E-state index contributed by atoms with van der Waals surface area (Å²) in [6.07, 6.45) is 0. The maximum atomic E-state index is 12.0. The molecule has 2 rings (SSSR count). The number of rotatable bonds is 4. The van der Waals surface area contributed by atoms with E-state index in [1.165, 1.54) is 10.7 Å². The van der Waals surface area contributed by atoms with Gasteiger partial charge in [-0.05, 0) is 46.0 Å². The fourth-order valence-electron chi connectivity index (χ4n) is 1.74. The molecule has 1 heterocycles. The molecule has 1 aromatic carbocycles. The monoisotopic (exact) mass is 406 g/mol. The van der Waals surface area contributed by atoms with E-state index in [1.807, 2.05) is 0 Å². The van der Waals surface area contributed by atoms with Crippen molar-refractivity contribution in [2.75, 3.05) is 5.32 Å². The minimum absolute atomic E-state index is 0.178. The van der Waals surface area contributed by atoms with Crippen LogP contribution in [0.4, 0.5) is 11.5 Å². The minimum Gasteiger partial charge on any atom is -0.358 e. The van der Waals surface area contributed by atoms with Crippen LogP contribution in [0.2, 0.25) is 10.0 Å². The molecule has 0 aliphatic rings. The third-order valence-electron chi connectivity index (χ3n) is 2.73. The van der Waals surface area contributed by atoms with E-state index in [4.69, 9.17) is 23.2 Å². The Bertz CT molecular complexity index is 743. The molecule has 0 aliphatic heterocycles. The summed E-state index contributed by atoms with van der Waals surface area (Å²) in [7, 11) is 0. The lowest BCUT2D eigenvalue weighted by molar-refractivity contribution is -0.390. The van der Waals surface area contributed by atoms with Crippen LogP contribution < -0.4 is 5.32 Å². The molecular formula is C12H9BrCl2N4O3. The van der Waals surface area contributed by atoms with Crippen molar-refractivity contribution in [3.05, 3.63) is 48.5 Å². The van der Waals surface area contributed by atoms with Crippen LogP contribution in [0.5, 0.6) is 0 Å². The van der Waals surface area contributed by atoms with E-state index in [1.54, 1.807) is 19.1 Å². The molecule has 10 heteroatoms. The molecule has 0 saturated carbocycles. The SMILES string of the molecule is Cc1c(Br)c([N+](=O)[O-])nn1CC(=O)Nc1cc(Cl)cc(Cl)c1. The Morgan fingerprint density at radius 1 is 1.41 bits per heavy atom. The van der Waals surface area contributed by atoms with Crippen LogP contribution in [0.15, 0.2) is 22.7 Å². The van der Waals surface area contributed by atoms with Gasteiger partial charge < -0.3 is 15.4 Å². The Labute approximate surface area is 143 Å². The predicted molar refractivity (Wildman–Crippen MR) is 86.4 cm³/mol. The maximum Gasteiger partial charge on any atom is 0.404 e. The van der Waals surface area contributed by atoms with Crippen molar-refractivity contribution in [1.82, 2.24) is 9.78 Å². The summed E-state index contributed by atoms with van der Waals surface area (Å²) in [5.41, 5.74) is 0.909. The largest absolute Gasteiger partial charge is 0.404 e. The molecule has 0 bridgehead atoms. The molecule has 0 saturated heterocycles. The summed E-state index contributed by atoms with van der Waals surface area (Å²) in [4.78, 5) is 22.2. The highest BCUT2D eigenvalue weighted by atomic mass is 79.9. The first-order chi connectivity index (χ1) is 10.3. The van der Waals surface area contributed by atoms with Crippen molar-refractivity contribution in [3.8, 4) is 0 Å². The molecule has 0 atom stereocenters. The van der Waals surface area contributed by atoms with Gasteiger partial charge in [-0.2, -0.15) is 4.68 Å². The Balaban J connectivity index is 2.15. The van der Waals surface area contributed by atoms with E-state index < -0.39 is 10.8 Å². The second kappa shape index (κ2) is 6.64. The molecule has 22 heavy (non-hydrogen) atoms. The van der Waals surface area contributed by atoms with E-state index in [9.17, 15) is 14.9 Å². The van der Waals surface area contributed by atoms with Crippen LogP contribution in [0.25, 0.3) is 0 Å². The van der Waals surface area contributed by atoms with Crippen molar-refractivity contribution in [2.24, 2.45) is 0 Å². The third-order valence-corrected chi connectivity index (χ3v) is 4.09. The summed E-state index contributed by atoms with van der Waals surface area (Å²) in [6.45, 7) is 1.44. The van der Waals surface area contributed by atoms with Crippen molar-refractivity contribution in [2.45, 2.75) is 13.5 Å². The van der Waals surface area contributed by atoms with Crippen LogP contribution >= 0.6 is 39.1 Å². The average molecular weight is 408 g/mol. The Hall–Kier alpha value is -1.64. The van der Waals surface area contributed by atoms with Gasteiger partial charge in [0.15, 0.2) is 0 Å².